The first-order valence-electron chi connectivity index (χ1n) is 10.9. The molecule has 0 bridgehead atoms. The van der Waals surface area contributed by atoms with Gasteiger partial charge in [-0.1, -0.05) is 6.07 Å². The maximum absolute atomic E-state index is 13.5. The SMILES string of the molecule is CC(=O)N1CCN(c2cnc3[nH]cc(C(=O)NCc4cnn(-c5cccc(F)c5)c4)c3n2)CC1. The van der Waals surface area contributed by atoms with Crippen LogP contribution in [-0.4, -0.2) is 67.6 Å². The number of fused-ring (bicyclic) bond motifs is 1. The van der Waals surface area contributed by atoms with Gasteiger partial charge in [0.25, 0.3) is 5.91 Å². The molecule has 2 amide bonds. The van der Waals surface area contributed by atoms with Crippen LogP contribution in [-0.2, 0) is 11.3 Å². The number of aromatic amines is 1. The molecular weight excluding hydrogens is 439 g/mol. The maximum atomic E-state index is 13.5. The predicted octanol–water partition coefficient (Wildman–Crippen LogP) is 1.88. The van der Waals surface area contributed by atoms with E-state index < -0.39 is 0 Å². The van der Waals surface area contributed by atoms with E-state index in [0.29, 0.717) is 54.4 Å². The minimum absolute atomic E-state index is 0.0623. The van der Waals surface area contributed by atoms with E-state index in [-0.39, 0.29) is 24.2 Å². The van der Waals surface area contributed by atoms with Gasteiger partial charge in [0.15, 0.2) is 5.65 Å². The Balaban J connectivity index is 1.27. The third kappa shape index (κ3) is 4.32. The summed E-state index contributed by atoms with van der Waals surface area (Å²) >= 11 is 0. The molecule has 1 saturated heterocycles. The van der Waals surface area contributed by atoms with Gasteiger partial charge < -0.3 is 20.1 Å². The van der Waals surface area contributed by atoms with Gasteiger partial charge in [0.05, 0.1) is 23.6 Å². The topological polar surface area (TPSA) is 112 Å². The van der Waals surface area contributed by atoms with E-state index in [1.807, 2.05) is 0 Å². The van der Waals surface area contributed by atoms with Crippen LogP contribution in [0.15, 0.2) is 49.1 Å². The molecule has 1 aliphatic rings. The lowest BCUT2D eigenvalue weighted by atomic mass is 10.2. The lowest BCUT2D eigenvalue weighted by Crippen LogP contribution is -2.48. The maximum Gasteiger partial charge on any atom is 0.255 e. The molecule has 4 aromatic rings. The van der Waals surface area contributed by atoms with Gasteiger partial charge in [-0.2, -0.15) is 5.10 Å². The summed E-state index contributed by atoms with van der Waals surface area (Å²) < 4.78 is 15.0. The van der Waals surface area contributed by atoms with E-state index in [1.54, 1.807) is 53.4 Å². The second kappa shape index (κ2) is 8.93. The van der Waals surface area contributed by atoms with Crippen LogP contribution in [0.1, 0.15) is 22.8 Å². The van der Waals surface area contributed by atoms with Crippen LogP contribution in [0.5, 0.6) is 0 Å². The molecule has 0 aliphatic carbocycles. The highest BCUT2D eigenvalue weighted by Gasteiger charge is 2.21. The summed E-state index contributed by atoms with van der Waals surface area (Å²) in [5.41, 5.74) is 2.77. The van der Waals surface area contributed by atoms with Crippen LogP contribution in [0, 0.1) is 5.82 Å². The zero-order valence-electron chi connectivity index (χ0n) is 18.5. The average molecular weight is 462 g/mol. The molecule has 1 fully saturated rings. The molecule has 11 heteroatoms. The number of piperazine rings is 1. The summed E-state index contributed by atoms with van der Waals surface area (Å²) in [6, 6.07) is 6.12. The number of anilines is 1. The van der Waals surface area contributed by atoms with Crippen molar-refractivity contribution in [3.05, 3.63) is 66.0 Å². The molecule has 0 atom stereocenters. The van der Waals surface area contributed by atoms with Gasteiger partial charge >= 0.3 is 0 Å². The Labute approximate surface area is 194 Å². The van der Waals surface area contributed by atoms with Crippen LogP contribution >= 0.6 is 0 Å². The van der Waals surface area contributed by atoms with Crippen molar-refractivity contribution in [1.82, 2.24) is 34.9 Å². The Morgan fingerprint density at radius 2 is 2.00 bits per heavy atom. The molecule has 1 aliphatic heterocycles. The lowest BCUT2D eigenvalue weighted by molar-refractivity contribution is -0.129. The monoisotopic (exact) mass is 462 g/mol. The van der Waals surface area contributed by atoms with Gasteiger partial charge in [0, 0.05) is 57.6 Å². The van der Waals surface area contributed by atoms with Gasteiger partial charge in [-0.3, -0.25) is 9.59 Å². The Hall–Kier alpha value is -4.28. The largest absolute Gasteiger partial charge is 0.352 e. The molecule has 2 N–H and O–H groups in total. The fraction of sp³-hybridized carbons (Fsp3) is 0.261. The van der Waals surface area contributed by atoms with E-state index >= 15 is 0 Å². The minimum atomic E-state index is -0.344. The zero-order valence-corrected chi connectivity index (χ0v) is 18.5. The molecule has 0 saturated carbocycles. The van der Waals surface area contributed by atoms with Crippen molar-refractivity contribution in [1.29, 1.82) is 0 Å². The number of carbonyl (C=O) groups is 2. The fourth-order valence-electron chi connectivity index (χ4n) is 3.95. The van der Waals surface area contributed by atoms with Gasteiger partial charge in [-0.05, 0) is 18.2 Å². The molecule has 5 rings (SSSR count). The minimum Gasteiger partial charge on any atom is -0.352 e. The number of rotatable bonds is 5. The Bertz CT molecular complexity index is 1360. The van der Waals surface area contributed by atoms with E-state index in [4.69, 9.17) is 0 Å². The quantitative estimate of drug-likeness (QED) is 0.468. The highest BCUT2D eigenvalue weighted by Crippen LogP contribution is 2.20. The van der Waals surface area contributed by atoms with Crippen LogP contribution in [0.4, 0.5) is 10.2 Å². The molecule has 0 unspecified atom stereocenters. The van der Waals surface area contributed by atoms with Crippen molar-refractivity contribution in [3.8, 4) is 5.69 Å². The molecule has 10 nitrogen and oxygen atoms in total. The molecule has 4 heterocycles. The summed E-state index contributed by atoms with van der Waals surface area (Å²) in [7, 11) is 0. The lowest BCUT2D eigenvalue weighted by Gasteiger charge is -2.34. The molecule has 3 aromatic heterocycles. The van der Waals surface area contributed by atoms with Crippen LogP contribution in [0.3, 0.4) is 0 Å². The number of carbonyl (C=O) groups excluding carboxylic acids is 2. The van der Waals surface area contributed by atoms with Crippen molar-refractivity contribution < 1.29 is 14.0 Å². The Morgan fingerprint density at radius 1 is 1.18 bits per heavy atom. The fourth-order valence-corrected chi connectivity index (χ4v) is 3.95. The summed E-state index contributed by atoms with van der Waals surface area (Å²) in [6.07, 6.45) is 6.63. The number of nitrogens with zero attached hydrogens (tertiary/aromatic N) is 6. The molecule has 0 radical (unpaired) electrons. The van der Waals surface area contributed by atoms with Crippen molar-refractivity contribution in [3.63, 3.8) is 0 Å². The third-order valence-corrected chi connectivity index (χ3v) is 5.82. The van der Waals surface area contributed by atoms with E-state index in [2.05, 4.69) is 30.3 Å². The smallest absolute Gasteiger partial charge is 0.255 e. The van der Waals surface area contributed by atoms with Crippen LogP contribution in [0.2, 0.25) is 0 Å². The van der Waals surface area contributed by atoms with Crippen LogP contribution in [0.25, 0.3) is 16.9 Å². The number of hydrogen-bond donors (Lipinski definition) is 2. The molecular formula is C23H23FN8O2. The Morgan fingerprint density at radius 3 is 2.76 bits per heavy atom. The van der Waals surface area contributed by atoms with Crippen LogP contribution < -0.4 is 10.2 Å². The van der Waals surface area contributed by atoms with Crippen molar-refractivity contribution in [2.75, 3.05) is 31.1 Å². The second-order valence-electron chi connectivity index (χ2n) is 8.08. The standard InChI is InChI=1S/C23H23FN8O2/c1-15(33)30-5-7-31(8-6-30)20-13-26-22-21(29-20)19(12-25-22)23(34)27-10-16-11-28-32(14-16)18-4-2-3-17(24)9-18/h2-4,9,11-14H,5-8,10H2,1H3,(H,25,26)(H,27,34). The van der Waals surface area contributed by atoms with Gasteiger partial charge in [-0.25, -0.2) is 19.0 Å². The van der Waals surface area contributed by atoms with Crippen molar-refractivity contribution in [2.45, 2.75) is 13.5 Å². The van der Waals surface area contributed by atoms with Gasteiger partial charge in [0.2, 0.25) is 5.91 Å². The van der Waals surface area contributed by atoms with E-state index in [1.165, 1.54) is 12.1 Å². The van der Waals surface area contributed by atoms with Gasteiger partial charge in [-0.15, -0.1) is 0 Å². The number of H-pyrrole nitrogens is 1. The van der Waals surface area contributed by atoms with Crippen molar-refractivity contribution in [2.24, 2.45) is 0 Å². The highest BCUT2D eigenvalue weighted by atomic mass is 19.1. The summed E-state index contributed by atoms with van der Waals surface area (Å²) in [5.74, 6) is 0.0916. The third-order valence-electron chi connectivity index (χ3n) is 5.82. The number of nitrogens with one attached hydrogen (secondary N) is 2. The molecule has 34 heavy (non-hydrogen) atoms. The number of benzene rings is 1. The second-order valence-corrected chi connectivity index (χ2v) is 8.08. The van der Waals surface area contributed by atoms with Gasteiger partial charge in [0.1, 0.15) is 17.2 Å². The summed E-state index contributed by atoms with van der Waals surface area (Å²) in [4.78, 5) is 40.4. The summed E-state index contributed by atoms with van der Waals surface area (Å²) in [5, 5.41) is 7.11. The predicted molar refractivity (Wildman–Crippen MR) is 123 cm³/mol. The summed E-state index contributed by atoms with van der Waals surface area (Å²) in [6.45, 7) is 4.37. The van der Waals surface area contributed by atoms with E-state index in [9.17, 15) is 14.0 Å². The van der Waals surface area contributed by atoms with Crippen molar-refractivity contribution >= 4 is 28.8 Å². The normalized spacial score (nSPS) is 13.9. The number of aromatic nitrogens is 5. The first-order valence-corrected chi connectivity index (χ1v) is 10.9. The molecule has 1 aromatic carbocycles. The highest BCUT2D eigenvalue weighted by molar-refractivity contribution is 6.04. The number of amides is 2. The van der Waals surface area contributed by atoms with E-state index in [0.717, 1.165) is 5.56 Å². The Kier molecular flexibility index (Phi) is 5.66. The zero-order chi connectivity index (χ0) is 23.7. The average Bonchev–Trinajstić information content (AvgIpc) is 3.49. The first-order chi connectivity index (χ1) is 16.5. The molecule has 174 valence electrons. The molecule has 0 spiro atoms. The number of halogens is 1. The number of hydrogen-bond acceptors (Lipinski definition) is 6. The first kappa shape index (κ1) is 21.6.